The predicted molar refractivity (Wildman–Crippen MR) is 110 cm³/mol. The second-order valence-corrected chi connectivity index (χ2v) is 6.67. The van der Waals surface area contributed by atoms with Gasteiger partial charge in [-0.2, -0.15) is 13.2 Å². The molecule has 0 aliphatic carbocycles. The molecule has 0 bridgehead atoms. The van der Waals surface area contributed by atoms with Gasteiger partial charge in [-0.15, -0.1) is 0 Å². The van der Waals surface area contributed by atoms with Gasteiger partial charge in [-0.3, -0.25) is 0 Å². The van der Waals surface area contributed by atoms with Crippen molar-refractivity contribution in [2.45, 2.75) is 19.6 Å². The molecule has 28 heavy (non-hydrogen) atoms. The summed E-state index contributed by atoms with van der Waals surface area (Å²) in [6, 6.07) is 20.1. The first-order valence-corrected chi connectivity index (χ1v) is 9.08. The van der Waals surface area contributed by atoms with Gasteiger partial charge in [0.05, 0.1) is 5.56 Å². The van der Waals surface area contributed by atoms with Gasteiger partial charge in [0.1, 0.15) is 0 Å². The van der Waals surface area contributed by atoms with Gasteiger partial charge in [0, 0.05) is 6.54 Å². The van der Waals surface area contributed by atoms with Crippen LogP contribution in [-0.2, 0) is 12.7 Å². The van der Waals surface area contributed by atoms with Gasteiger partial charge < -0.3 is 5.32 Å². The van der Waals surface area contributed by atoms with Crippen molar-refractivity contribution in [2.24, 2.45) is 0 Å². The summed E-state index contributed by atoms with van der Waals surface area (Å²) in [5.41, 5.74) is 4.44. The van der Waals surface area contributed by atoms with Gasteiger partial charge >= 0.3 is 6.18 Å². The number of halogens is 3. The molecule has 0 saturated carbocycles. The normalized spacial score (nSPS) is 11.9. The smallest absolute Gasteiger partial charge is 0.316 e. The zero-order chi connectivity index (χ0) is 20.1. The third-order valence-corrected chi connectivity index (χ3v) is 4.71. The second-order valence-electron chi connectivity index (χ2n) is 6.67. The summed E-state index contributed by atoms with van der Waals surface area (Å²) >= 11 is 0. The van der Waals surface area contributed by atoms with Crippen LogP contribution in [0.25, 0.3) is 23.3 Å². The Hall–Kier alpha value is -2.85. The van der Waals surface area contributed by atoms with Crippen LogP contribution in [0.5, 0.6) is 0 Å². The minimum Gasteiger partial charge on any atom is -0.316 e. The van der Waals surface area contributed by atoms with E-state index in [0.717, 1.165) is 33.9 Å². The van der Waals surface area contributed by atoms with E-state index < -0.39 is 11.7 Å². The molecule has 3 aromatic rings. The van der Waals surface area contributed by atoms with Crippen LogP contribution in [0, 0.1) is 6.92 Å². The van der Waals surface area contributed by atoms with Crippen LogP contribution in [0.15, 0.2) is 66.7 Å². The Balaban J connectivity index is 2.01. The highest BCUT2D eigenvalue weighted by Gasteiger charge is 2.32. The Kier molecular flexibility index (Phi) is 6.00. The Morgan fingerprint density at radius 3 is 2.25 bits per heavy atom. The predicted octanol–water partition coefficient (Wildman–Crippen LogP) is 6.57. The van der Waals surface area contributed by atoms with Crippen molar-refractivity contribution in [3.05, 3.63) is 94.5 Å². The number of alkyl halides is 3. The average molecular weight is 381 g/mol. The summed E-state index contributed by atoms with van der Waals surface area (Å²) in [5, 5.41) is 2.97. The van der Waals surface area contributed by atoms with E-state index in [9.17, 15) is 13.2 Å². The van der Waals surface area contributed by atoms with Crippen LogP contribution >= 0.6 is 0 Å². The van der Waals surface area contributed by atoms with E-state index in [1.807, 2.05) is 55.5 Å². The lowest BCUT2D eigenvalue weighted by Crippen LogP contribution is -2.10. The van der Waals surface area contributed by atoms with Crippen molar-refractivity contribution in [1.29, 1.82) is 0 Å². The highest BCUT2D eigenvalue weighted by Crippen LogP contribution is 2.34. The van der Waals surface area contributed by atoms with Crippen molar-refractivity contribution < 1.29 is 13.2 Å². The topological polar surface area (TPSA) is 12.0 Å². The van der Waals surface area contributed by atoms with Crippen LogP contribution in [0.4, 0.5) is 13.2 Å². The van der Waals surface area contributed by atoms with Crippen LogP contribution < -0.4 is 5.32 Å². The fraction of sp³-hybridized carbons (Fsp3) is 0.167. The number of hydrogen-bond acceptors (Lipinski definition) is 1. The molecule has 0 saturated heterocycles. The number of nitrogens with one attached hydrogen (secondary N) is 1. The van der Waals surface area contributed by atoms with Crippen molar-refractivity contribution in [2.75, 3.05) is 7.05 Å². The quantitative estimate of drug-likeness (QED) is 0.493. The molecule has 0 heterocycles. The van der Waals surface area contributed by atoms with Gasteiger partial charge in [-0.05, 0) is 59.5 Å². The van der Waals surface area contributed by atoms with E-state index in [-0.39, 0.29) is 5.56 Å². The summed E-state index contributed by atoms with van der Waals surface area (Å²) in [6.07, 6.45) is -1.08. The summed E-state index contributed by atoms with van der Waals surface area (Å²) in [5.74, 6) is 0. The second kappa shape index (κ2) is 8.44. The minimum atomic E-state index is -4.39. The molecule has 0 aromatic heterocycles. The van der Waals surface area contributed by atoms with E-state index in [1.165, 1.54) is 6.07 Å². The molecule has 0 spiro atoms. The van der Waals surface area contributed by atoms with Crippen LogP contribution in [0.3, 0.4) is 0 Å². The van der Waals surface area contributed by atoms with Gasteiger partial charge in [-0.25, -0.2) is 0 Å². The van der Waals surface area contributed by atoms with E-state index >= 15 is 0 Å². The summed E-state index contributed by atoms with van der Waals surface area (Å²) < 4.78 is 40.2. The maximum atomic E-state index is 13.4. The van der Waals surface area contributed by atoms with Gasteiger partial charge in [-0.1, -0.05) is 66.7 Å². The maximum Gasteiger partial charge on any atom is 0.416 e. The highest BCUT2D eigenvalue weighted by atomic mass is 19.4. The third kappa shape index (κ3) is 4.52. The lowest BCUT2D eigenvalue weighted by Gasteiger charge is -2.13. The standard InChI is InChI=1S/C24H22F3N/c1-17-19(9-6-10-22(17)20-7-4-3-5-8-20)12-13-21-15-18(16-28-2)11-14-23(21)24(25,26)27/h3-15,28H,16H2,1-2H3/b13-12+. The minimum absolute atomic E-state index is 0.171. The Bertz CT molecular complexity index is 973. The van der Waals surface area contributed by atoms with E-state index in [4.69, 9.17) is 0 Å². The first-order valence-electron chi connectivity index (χ1n) is 9.08. The van der Waals surface area contributed by atoms with E-state index in [2.05, 4.69) is 5.32 Å². The van der Waals surface area contributed by atoms with Crippen LogP contribution in [-0.4, -0.2) is 7.05 Å². The van der Waals surface area contributed by atoms with Crippen molar-refractivity contribution in [1.82, 2.24) is 5.32 Å². The van der Waals surface area contributed by atoms with Gasteiger partial charge in [0.15, 0.2) is 0 Å². The Labute approximate surface area is 163 Å². The molecular weight excluding hydrogens is 359 g/mol. The summed E-state index contributed by atoms with van der Waals surface area (Å²) in [4.78, 5) is 0. The molecule has 1 N–H and O–H groups in total. The number of benzene rings is 3. The molecule has 0 radical (unpaired) electrons. The number of rotatable bonds is 5. The molecule has 0 fully saturated rings. The molecule has 0 atom stereocenters. The first-order chi connectivity index (χ1) is 13.4. The molecule has 4 heteroatoms. The van der Waals surface area contributed by atoms with Crippen molar-refractivity contribution >= 4 is 12.2 Å². The van der Waals surface area contributed by atoms with Gasteiger partial charge in [0.2, 0.25) is 0 Å². The van der Waals surface area contributed by atoms with E-state index in [0.29, 0.717) is 6.54 Å². The monoisotopic (exact) mass is 381 g/mol. The molecule has 1 nitrogen and oxygen atoms in total. The van der Waals surface area contributed by atoms with Crippen molar-refractivity contribution in [3.8, 4) is 11.1 Å². The fourth-order valence-corrected chi connectivity index (χ4v) is 3.27. The molecule has 3 rings (SSSR count). The van der Waals surface area contributed by atoms with Crippen LogP contribution in [0.2, 0.25) is 0 Å². The fourth-order valence-electron chi connectivity index (χ4n) is 3.27. The van der Waals surface area contributed by atoms with Gasteiger partial charge in [0.25, 0.3) is 0 Å². The average Bonchev–Trinajstić information content (AvgIpc) is 2.67. The molecule has 3 aromatic carbocycles. The third-order valence-electron chi connectivity index (χ3n) is 4.71. The van der Waals surface area contributed by atoms with Crippen molar-refractivity contribution in [3.63, 3.8) is 0 Å². The molecule has 0 unspecified atom stereocenters. The summed E-state index contributed by atoms with van der Waals surface area (Å²) in [7, 11) is 1.77. The largest absolute Gasteiger partial charge is 0.416 e. The first kappa shape index (κ1) is 19.9. The zero-order valence-electron chi connectivity index (χ0n) is 15.8. The Morgan fingerprint density at radius 2 is 1.57 bits per heavy atom. The maximum absolute atomic E-state index is 13.4. The lowest BCUT2D eigenvalue weighted by atomic mass is 9.95. The summed E-state index contributed by atoms with van der Waals surface area (Å²) in [6.45, 7) is 2.51. The highest BCUT2D eigenvalue weighted by molar-refractivity contribution is 5.78. The molecule has 0 aliphatic rings. The van der Waals surface area contributed by atoms with Crippen LogP contribution in [0.1, 0.15) is 27.8 Å². The zero-order valence-corrected chi connectivity index (χ0v) is 15.8. The lowest BCUT2D eigenvalue weighted by molar-refractivity contribution is -0.137. The molecule has 0 amide bonds. The van der Waals surface area contributed by atoms with E-state index in [1.54, 1.807) is 25.3 Å². The molecular formula is C24H22F3N. The Morgan fingerprint density at radius 1 is 0.857 bits per heavy atom. The molecule has 0 aliphatic heterocycles. The SMILES string of the molecule is CNCc1ccc(C(F)(F)F)c(/C=C/c2cccc(-c3ccccc3)c2C)c1. The molecule has 144 valence electrons. The number of hydrogen-bond donors (Lipinski definition) is 1.